The van der Waals surface area contributed by atoms with Crippen LogP contribution in [0.5, 0.6) is 0 Å². The van der Waals surface area contributed by atoms with Crippen LogP contribution in [0, 0.1) is 21.7 Å². The fourth-order valence-corrected chi connectivity index (χ4v) is 3.32. The Kier molecular flexibility index (Phi) is 4.57. The molecule has 0 radical (unpaired) electrons. The van der Waals surface area contributed by atoms with E-state index >= 15 is 0 Å². The lowest BCUT2D eigenvalue weighted by Gasteiger charge is -2.21. The molecular weight excluding hydrogens is 274 g/mol. The second-order valence-electron chi connectivity index (χ2n) is 4.41. The monoisotopic (exact) mass is 288 g/mol. The molecule has 104 valence electrons. The Morgan fingerprint density at radius 2 is 2.21 bits per heavy atom. The van der Waals surface area contributed by atoms with E-state index in [0.717, 1.165) is 24.7 Å². The van der Waals surface area contributed by atoms with Crippen molar-refractivity contribution in [2.24, 2.45) is 0 Å². The first-order valence-electron chi connectivity index (χ1n) is 6.07. The van der Waals surface area contributed by atoms with Gasteiger partial charge in [0.05, 0.1) is 4.92 Å². The molecule has 0 spiro atoms. The number of rotatable bonds is 4. The summed E-state index contributed by atoms with van der Waals surface area (Å²) in [7, 11) is 0. The van der Waals surface area contributed by atoms with Crippen LogP contribution in [0.2, 0.25) is 0 Å². The highest BCUT2D eigenvalue weighted by atomic mass is 32.2. The molecule has 1 N–H and O–H groups in total. The molecule has 1 aromatic rings. The van der Waals surface area contributed by atoms with E-state index in [4.69, 9.17) is 0 Å². The SMILES string of the molecule is O=[N+]([O-])c1c(F)cc(F)cc1NCC1CCCCS1. The van der Waals surface area contributed by atoms with Gasteiger partial charge in [0.15, 0.2) is 0 Å². The predicted molar refractivity (Wildman–Crippen MR) is 71.6 cm³/mol. The molecule has 4 nitrogen and oxygen atoms in total. The second kappa shape index (κ2) is 6.18. The summed E-state index contributed by atoms with van der Waals surface area (Å²) in [5, 5.41) is 13.9. The van der Waals surface area contributed by atoms with Crippen molar-refractivity contribution in [2.75, 3.05) is 17.6 Å². The largest absolute Gasteiger partial charge is 0.378 e. The zero-order chi connectivity index (χ0) is 13.8. The average Bonchev–Trinajstić information content (AvgIpc) is 2.36. The van der Waals surface area contributed by atoms with Gasteiger partial charge in [0.1, 0.15) is 11.5 Å². The van der Waals surface area contributed by atoms with Crippen molar-refractivity contribution in [1.29, 1.82) is 0 Å². The zero-order valence-electron chi connectivity index (χ0n) is 10.2. The van der Waals surface area contributed by atoms with E-state index in [1.807, 2.05) is 0 Å². The van der Waals surface area contributed by atoms with Gasteiger partial charge in [0.25, 0.3) is 0 Å². The molecule has 1 aliphatic rings. The van der Waals surface area contributed by atoms with Crippen LogP contribution >= 0.6 is 11.8 Å². The van der Waals surface area contributed by atoms with Crippen molar-refractivity contribution in [2.45, 2.75) is 24.5 Å². The van der Waals surface area contributed by atoms with Gasteiger partial charge in [-0.3, -0.25) is 10.1 Å². The highest BCUT2D eigenvalue weighted by molar-refractivity contribution is 7.99. The van der Waals surface area contributed by atoms with Crippen LogP contribution in [0.4, 0.5) is 20.2 Å². The Labute approximate surface area is 113 Å². The highest BCUT2D eigenvalue weighted by Gasteiger charge is 2.23. The maximum Gasteiger partial charge on any atom is 0.327 e. The molecule has 1 aliphatic heterocycles. The first-order valence-corrected chi connectivity index (χ1v) is 7.11. The zero-order valence-corrected chi connectivity index (χ0v) is 11.0. The van der Waals surface area contributed by atoms with Gasteiger partial charge in [-0.15, -0.1) is 0 Å². The molecule has 0 amide bonds. The van der Waals surface area contributed by atoms with E-state index in [0.29, 0.717) is 17.9 Å². The molecule has 0 aliphatic carbocycles. The summed E-state index contributed by atoms with van der Waals surface area (Å²) in [6, 6.07) is 1.49. The number of halogens is 2. The van der Waals surface area contributed by atoms with Gasteiger partial charge in [-0.2, -0.15) is 16.2 Å². The number of thioether (sulfide) groups is 1. The molecule has 1 saturated heterocycles. The van der Waals surface area contributed by atoms with E-state index in [1.165, 1.54) is 6.42 Å². The fraction of sp³-hybridized carbons (Fsp3) is 0.500. The number of nitro groups is 1. The standard InChI is InChI=1S/C12H14F2N2O2S/c13-8-5-10(14)12(16(17)18)11(6-8)15-7-9-3-1-2-4-19-9/h5-6,9,15H,1-4,7H2. The van der Waals surface area contributed by atoms with Gasteiger partial charge in [0, 0.05) is 23.9 Å². The summed E-state index contributed by atoms with van der Waals surface area (Å²) < 4.78 is 26.5. The highest BCUT2D eigenvalue weighted by Crippen LogP contribution is 2.30. The van der Waals surface area contributed by atoms with Crippen molar-refractivity contribution in [1.82, 2.24) is 0 Å². The molecule has 7 heteroatoms. The number of benzene rings is 1. The number of nitrogens with zero attached hydrogens (tertiary/aromatic N) is 1. The van der Waals surface area contributed by atoms with Crippen molar-refractivity contribution >= 4 is 23.1 Å². The second-order valence-corrected chi connectivity index (χ2v) is 5.82. The summed E-state index contributed by atoms with van der Waals surface area (Å²) in [5.41, 5.74) is -0.782. The lowest BCUT2D eigenvalue weighted by atomic mass is 10.2. The normalized spacial score (nSPS) is 19.2. The summed E-state index contributed by atoms with van der Waals surface area (Å²) in [6.07, 6.45) is 3.32. The van der Waals surface area contributed by atoms with E-state index < -0.39 is 22.2 Å². The van der Waals surface area contributed by atoms with Crippen molar-refractivity contribution in [3.63, 3.8) is 0 Å². The number of hydrogen-bond donors (Lipinski definition) is 1. The van der Waals surface area contributed by atoms with Crippen LogP contribution in [0.25, 0.3) is 0 Å². The quantitative estimate of drug-likeness (QED) is 0.679. The Morgan fingerprint density at radius 3 is 2.84 bits per heavy atom. The summed E-state index contributed by atoms with van der Waals surface area (Å²) in [4.78, 5) is 9.97. The van der Waals surface area contributed by atoms with Crippen LogP contribution in [0.3, 0.4) is 0 Å². The van der Waals surface area contributed by atoms with E-state index in [-0.39, 0.29) is 5.69 Å². The number of nitro benzene ring substituents is 1. The summed E-state index contributed by atoms with van der Waals surface area (Å²) >= 11 is 1.79. The predicted octanol–water partition coefficient (Wildman–Crippen LogP) is 3.57. The van der Waals surface area contributed by atoms with Crippen LogP contribution in [0.1, 0.15) is 19.3 Å². The Hall–Kier alpha value is -1.37. The first-order chi connectivity index (χ1) is 9.08. The lowest BCUT2D eigenvalue weighted by Crippen LogP contribution is -2.20. The molecule has 1 aromatic carbocycles. The Balaban J connectivity index is 2.12. The van der Waals surface area contributed by atoms with Gasteiger partial charge in [0.2, 0.25) is 5.82 Å². The van der Waals surface area contributed by atoms with Crippen molar-refractivity contribution < 1.29 is 13.7 Å². The summed E-state index contributed by atoms with van der Waals surface area (Å²) in [5.74, 6) is -0.905. The van der Waals surface area contributed by atoms with E-state index in [9.17, 15) is 18.9 Å². The van der Waals surface area contributed by atoms with Gasteiger partial charge in [-0.05, 0) is 18.6 Å². The van der Waals surface area contributed by atoms with Gasteiger partial charge in [-0.25, -0.2) is 4.39 Å². The molecule has 1 fully saturated rings. The molecule has 1 unspecified atom stereocenters. The molecule has 1 heterocycles. The van der Waals surface area contributed by atoms with Crippen molar-refractivity contribution in [3.8, 4) is 0 Å². The molecule has 0 aromatic heterocycles. The van der Waals surface area contributed by atoms with Gasteiger partial charge < -0.3 is 5.32 Å². The third-order valence-corrected chi connectivity index (χ3v) is 4.40. The average molecular weight is 288 g/mol. The van der Waals surface area contributed by atoms with Crippen LogP contribution in [-0.4, -0.2) is 22.5 Å². The number of anilines is 1. The third-order valence-electron chi connectivity index (χ3n) is 3.00. The Bertz CT molecular complexity index is 479. The minimum Gasteiger partial charge on any atom is -0.378 e. The maximum absolute atomic E-state index is 13.4. The molecule has 19 heavy (non-hydrogen) atoms. The minimum absolute atomic E-state index is 0.0892. The minimum atomic E-state index is -1.15. The van der Waals surface area contributed by atoms with Crippen LogP contribution in [0.15, 0.2) is 12.1 Å². The van der Waals surface area contributed by atoms with E-state index in [2.05, 4.69) is 5.32 Å². The van der Waals surface area contributed by atoms with Crippen molar-refractivity contribution in [3.05, 3.63) is 33.9 Å². The third kappa shape index (κ3) is 3.56. The topological polar surface area (TPSA) is 55.2 Å². The van der Waals surface area contributed by atoms with Gasteiger partial charge in [-0.1, -0.05) is 6.42 Å². The van der Waals surface area contributed by atoms with Crippen LogP contribution in [-0.2, 0) is 0 Å². The summed E-state index contributed by atoms with van der Waals surface area (Å²) in [6.45, 7) is 0.481. The Morgan fingerprint density at radius 1 is 1.42 bits per heavy atom. The van der Waals surface area contributed by atoms with Gasteiger partial charge >= 0.3 is 5.69 Å². The lowest BCUT2D eigenvalue weighted by molar-refractivity contribution is -0.386. The first kappa shape index (κ1) is 14.0. The molecule has 0 saturated carbocycles. The van der Waals surface area contributed by atoms with E-state index in [1.54, 1.807) is 11.8 Å². The number of hydrogen-bond acceptors (Lipinski definition) is 4. The number of nitrogens with one attached hydrogen (secondary N) is 1. The smallest absolute Gasteiger partial charge is 0.327 e. The molecule has 0 bridgehead atoms. The molecule has 1 atom stereocenters. The molecular formula is C12H14F2N2O2S. The fourth-order valence-electron chi connectivity index (χ4n) is 2.08. The van der Waals surface area contributed by atoms with Crippen LogP contribution < -0.4 is 5.32 Å². The molecule has 2 rings (SSSR count). The maximum atomic E-state index is 13.4.